The molecule has 0 fully saturated rings. The third-order valence-electron chi connectivity index (χ3n) is 9.90. The fourth-order valence-electron chi connectivity index (χ4n) is 7.32. The summed E-state index contributed by atoms with van der Waals surface area (Å²) in [5, 5.41) is 6.11. The first kappa shape index (κ1) is 27.3. The first-order valence-corrected chi connectivity index (χ1v) is 15.1. The molecule has 4 heterocycles. The molecule has 5 nitrogen and oxygen atoms in total. The van der Waals surface area contributed by atoms with Gasteiger partial charge < -0.3 is 0 Å². The molecule has 0 saturated heterocycles. The van der Waals surface area contributed by atoms with Crippen LogP contribution in [-0.4, -0.2) is 14.8 Å². The van der Waals surface area contributed by atoms with Crippen LogP contribution in [0.4, 0.5) is 0 Å². The van der Waals surface area contributed by atoms with E-state index in [1.54, 1.807) is 0 Å². The highest BCUT2D eigenvalue weighted by atomic mass is 15.3. The topological polar surface area (TPSA) is 38.5 Å². The van der Waals surface area contributed by atoms with Gasteiger partial charge in [-0.15, -0.1) is 0 Å². The van der Waals surface area contributed by atoms with Crippen LogP contribution >= 0.6 is 0 Å². The van der Waals surface area contributed by atoms with Gasteiger partial charge in [0, 0.05) is 42.0 Å². The predicted octanol–water partition coefficient (Wildman–Crippen LogP) is 7.05. The van der Waals surface area contributed by atoms with Crippen LogP contribution in [-0.2, 0) is 30.0 Å². The Hall–Kier alpha value is -3.86. The van der Waals surface area contributed by atoms with Crippen LogP contribution in [0.5, 0.6) is 0 Å². The summed E-state index contributed by atoms with van der Waals surface area (Å²) >= 11 is 0. The highest BCUT2D eigenvalue weighted by molar-refractivity contribution is 5.92. The molecule has 0 aliphatic carbocycles. The number of benzene rings is 2. The predicted molar refractivity (Wildman–Crippen MR) is 165 cm³/mol. The third kappa shape index (κ3) is 4.12. The number of aryl methyl sites for hydroxylation is 2. The first-order chi connectivity index (χ1) is 19.6. The summed E-state index contributed by atoms with van der Waals surface area (Å²) in [5.74, 6) is 0. The molecule has 2 unspecified atom stereocenters. The minimum Gasteiger partial charge on any atom is -0.262 e. The van der Waals surface area contributed by atoms with Gasteiger partial charge in [0.05, 0.1) is 11.1 Å². The van der Waals surface area contributed by atoms with Gasteiger partial charge in [-0.3, -0.25) is 4.68 Å². The van der Waals surface area contributed by atoms with Gasteiger partial charge in [0.15, 0.2) is 11.7 Å². The lowest BCUT2D eigenvalue weighted by molar-refractivity contribution is -0.770. The fourth-order valence-corrected chi connectivity index (χ4v) is 7.32. The van der Waals surface area contributed by atoms with Gasteiger partial charge in [0.2, 0.25) is 5.69 Å². The van der Waals surface area contributed by atoms with E-state index < -0.39 is 0 Å². The van der Waals surface area contributed by atoms with E-state index in [9.17, 15) is 0 Å². The Bertz CT molecular complexity index is 1740. The molecule has 0 bridgehead atoms. The summed E-state index contributed by atoms with van der Waals surface area (Å²) < 4.78 is 6.98. The Balaban J connectivity index is 1.49. The maximum absolute atomic E-state index is 4.96. The molecule has 2 atom stereocenters. The SMILES string of the molecule is CCC1(CC[n+]2ccccc2-c2cc(C(C)(C)C)nn2C)c2ccccc2-c2c3ccccc3nc[n+]2C1(C)CC. The van der Waals surface area contributed by atoms with Crippen molar-refractivity contribution in [2.75, 3.05) is 0 Å². The third-order valence-corrected chi connectivity index (χ3v) is 9.90. The Morgan fingerprint density at radius 3 is 2.37 bits per heavy atom. The highest BCUT2D eigenvalue weighted by Crippen LogP contribution is 2.52. The molecule has 0 radical (unpaired) electrons. The number of rotatable bonds is 6. The number of fused-ring (bicyclic) bond motifs is 5. The summed E-state index contributed by atoms with van der Waals surface area (Å²) in [6.45, 7) is 14.8. The minimum absolute atomic E-state index is 0.000537. The monoisotopic (exact) mass is 545 g/mol. The van der Waals surface area contributed by atoms with Crippen molar-refractivity contribution in [3.63, 3.8) is 0 Å². The van der Waals surface area contributed by atoms with Crippen LogP contribution < -0.4 is 9.13 Å². The van der Waals surface area contributed by atoms with E-state index in [-0.39, 0.29) is 16.4 Å². The molecule has 41 heavy (non-hydrogen) atoms. The lowest BCUT2D eigenvalue weighted by Gasteiger charge is -2.50. The number of aromatic nitrogens is 5. The number of para-hydroxylation sites is 1. The standard InChI is InChI=1S/C36H43N5/c1-8-35(6)36(9-2,21-23-40-22-15-14-20-30(40)31-24-32(34(3,4)5)38-39(31)7)28-18-12-10-16-26(28)33-27-17-11-13-19-29(27)37-25-41(33)35/h10-20,22,24-25H,8-9,21,23H2,1-7H3/q+2. The largest absolute Gasteiger partial charge is 0.287 e. The van der Waals surface area contributed by atoms with Crippen LogP contribution in [0.3, 0.4) is 0 Å². The van der Waals surface area contributed by atoms with Crippen molar-refractivity contribution < 1.29 is 9.13 Å². The van der Waals surface area contributed by atoms with Crippen molar-refractivity contribution in [3.8, 4) is 22.6 Å². The molecular formula is C36H43N5+2. The molecule has 0 amide bonds. The zero-order valence-electron chi connectivity index (χ0n) is 25.6. The van der Waals surface area contributed by atoms with Gasteiger partial charge in [0.25, 0.3) is 6.33 Å². The second-order valence-corrected chi connectivity index (χ2v) is 12.9. The summed E-state index contributed by atoms with van der Waals surface area (Å²) in [6, 6.07) is 26.5. The Labute approximate surface area is 244 Å². The van der Waals surface area contributed by atoms with Crippen molar-refractivity contribution in [1.29, 1.82) is 0 Å². The maximum atomic E-state index is 4.96. The van der Waals surface area contributed by atoms with Crippen molar-refractivity contribution >= 4 is 10.9 Å². The average molecular weight is 546 g/mol. The minimum atomic E-state index is -0.149. The summed E-state index contributed by atoms with van der Waals surface area (Å²) in [4.78, 5) is 4.96. The van der Waals surface area contributed by atoms with E-state index in [2.05, 4.69) is 143 Å². The van der Waals surface area contributed by atoms with E-state index >= 15 is 0 Å². The summed E-state index contributed by atoms with van der Waals surface area (Å²) in [7, 11) is 2.06. The molecule has 210 valence electrons. The van der Waals surface area contributed by atoms with Gasteiger partial charge in [-0.25, -0.2) is 4.57 Å². The molecule has 0 N–H and O–H groups in total. The summed E-state index contributed by atoms with van der Waals surface area (Å²) in [5.41, 5.74) is 8.36. The van der Waals surface area contributed by atoms with Gasteiger partial charge in [-0.1, -0.05) is 71.0 Å². The summed E-state index contributed by atoms with van der Waals surface area (Å²) in [6.07, 6.45) is 7.39. The van der Waals surface area contributed by atoms with E-state index in [0.29, 0.717) is 0 Å². The molecule has 6 rings (SSSR count). The molecule has 0 spiro atoms. The zero-order chi connectivity index (χ0) is 29.0. The van der Waals surface area contributed by atoms with Crippen LogP contribution in [0.1, 0.15) is 72.1 Å². The number of hydrogen-bond acceptors (Lipinski definition) is 2. The van der Waals surface area contributed by atoms with Gasteiger partial charge >= 0.3 is 0 Å². The van der Waals surface area contributed by atoms with Gasteiger partial charge in [-0.05, 0) is 54.6 Å². The van der Waals surface area contributed by atoms with Crippen LogP contribution in [0.2, 0.25) is 0 Å². The van der Waals surface area contributed by atoms with Crippen molar-refractivity contribution in [3.05, 3.63) is 96.6 Å². The van der Waals surface area contributed by atoms with Crippen LogP contribution in [0, 0.1) is 0 Å². The molecule has 0 saturated carbocycles. The quantitative estimate of drug-likeness (QED) is 0.214. The highest BCUT2D eigenvalue weighted by Gasteiger charge is 2.57. The van der Waals surface area contributed by atoms with Crippen LogP contribution in [0.25, 0.3) is 33.5 Å². The molecule has 3 aromatic heterocycles. The van der Waals surface area contributed by atoms with E-state index in [0.717, 1.165) is 42.7 Å². The van der Waals surface area contributed by atoms with E-state index in [4.69, 9.17) is 10.1 Å². The molecule has 2 aromatic carbocycles. The Morgan fingerprint density at radius 1 is 0.902 bits per heavy atom. The number of hydrogen-bond donors (Lipinski definition) is 0. The molecule has 1 aliphatic heterocycles. The van der Waals surface area contributed by atoms with Crippen LogP contribution in [0.15, 0.2) is 85.3 Å². The lowest BCUT2D eigenvalue weighted by atomic mass is 9.58. The smallest absolute Gasteiger partial charge is 0.262 e. The zero-order valence-corrected chi connectivity index (χ0v) is 25.6. The van der Waals surface area contributed by atoms with E-state index in [1.807, 2.05) is 4.68 Å². The molecule has 1 aliphatic rings. The average Bonchev–Trinajstić information content (AvgIpc) is 3.39. The normalized spacial score (nSPS) is 20.2. The Morgan fingerprint density at radius 2 is 1.63 bits per heavy atom. The van der Waals surface area contributed by atoms with Crippen molar-refractivity contribution in [2.24, 2.45) is 7.05 Å². The second kappa shape index (κ2) is 9.90. The maximum Gasteiger partial charge on any atom is 0.287 e. The lowest BCUT2D eigenvalue weighted by Crippen LogP contribution is -2.69. The fraction of sp³-hybridized carbons (Fsp3) is 0.389. The van der Waals surface area contributed by atoms with Gasteiger partial charge in [-0.2, -0.15) is 9.67 Å². The molecule has 5 aromatic rings. The first-order valence-electron chi connectivity index (χ1n) is 15.1. The van der Waals surface area contributed by atoms with E-state index in [1.165, 1.54) is 27.9 Å². The second-order valence-electron chi connectivity index (χ2n) is 12.9. The van der Waals surface area contributed by atoms with Gasteiger partial charge in [0.1, 0.15) is 23.5 Å². The van der Waals surface area contributed by atoms with Crippen molar-refractivity contribution in [2.45, 2.75) is 83.7 Å². The number of nitrogens with zero attached hydrogens (tertiary/aromatic N) is 5. The van der Waals surface area contributed by atoms with Crippen molar-refractivity contribution in [1.82, 2.24) is 14.8 Å². The molecular weight excluding hydrogens is 502 g/mol. The molecule has 5 heteroatoms. The Kier molecular flexibility index (Phi) is 6.60. The number of pyridine rings is 1.